The van der Waals surface area contributed by atoms with E-state index in [1.807, 2.05) is 0 Å². The summed E-state index contributed by atoms with van der Waals surface area (Å²) in [5.74, 6) is -0.776. The lowest BCUT2D eigenvalue weighted by molar-refractivity contribution is -0.384. The fraction of sp³-hybridized carbons (Fsp3) is 0. The maximum atomic E-state index is 12.0. The van der Waals surface area contributed by atoms with Crippen molar-refractivity contribution in [3.63, 3.8) is 0 Å². The predicted molar refractivity (Wildman–Crippen MR) is 99.3 cm³/mol. The number of carboxylic acids is 1. The lowest BCUT2D eigenvalue weighted by Gasteiger charge is -1.99. The van der Waals surface area contributed by atoms with Gasteiger partial charge in [0.1, 0.15) is 11.5 Å². The Morgan fingerprint density at radius 2 is 1.82 bits per heavy atom. The molecule has 3 aromatic rings. The standard InChI is InChI=1S/C19H13N3O6/c23-18(12-4-6-15(7-5-12)22(26)27)21-20-11-16-8-9-17(28-16)13-2-1-3-14(10-13)19(24)25/h1-11H,(H,21,23)(H,24,25)/b20-11-. The van der Waals surface area contributed by atoms with Gasteiger partial charge in [-0.3, -0.25) is 14.9 Å². The molecule has 0 aliphatic rings. The molecular formula is C19H13N3O6. The number of non-ortho nitro benzene ring substituents is 1. The van der Waals surface area contributed by atoms with Crippen molar-refractivity contribution in [1.82, 2.24) is 5.43 Å². The van der Waals surface area contributed by atoms with Crippen molar-refractivity contribution in [3.05, 3.63) is 87.7 Å². The second kappa shape index (κ2) is 7.96. The van der Waals surface area contributed by atoms with Crippen molar-refractivity contribution >= 4 is 23.8 Å². The normalized spacial score (nSPS) is 10.7. The number of hydrogen-bond donors (Lipinski definition) is 2. The van der Waals surface area contributed by atoms with Crippen LogP contribution in [0, 0.1) is 10.1 Å². The zero-order valence-corrected chi connectivity index (χ0v) is 14.2. The van der Waals surface area contributed by atoms with Crippen molar-refractivity contribution in [2.45, 2.75) is 0 Å². The molecule has 28 heavy (non-hydrogen) atoms. The van der Waals surface area contributed by atoms with E-state index in [-0.39, 0.29) is 16.8 Å². The average molecular weight is 379 g/mol. The van der Waals surface area contributed by atoms with E-state index in [4.69, 9.17) is 9.52 Å². The predicted octanol–water partition coefficient (Wildman–Crippen LogP) is 3.32. The van der Waals surface area contributed by atoms with E-state index in [2.05, 4.69) is 10.5 Å². The molecule has 0 fully saturated rings. The number of aromatic carboxylic acids is 1. The summed E-state index contributed by atoms with van der Waals surface area (Å²) in [5, 5.41) is 23.4. The lowest BCUT2D eigenvalue weighted by atomic mass is 10.1. The van der Waals surface area contributed by atoms with Gasteiger partial charge in [-0.1, -0.05) is 12.1 Å². The Morgan fingerprint density at radius 1 is 1.07 bits per heavy atom. The Labute approximate surface area is 158 Å². The van der Waals surface area contributed by atoms with E-state index in [1.165, 1.54) is 42.6 Å². The van der Waals surface area contributed by atoms with E-state index in [1.54, 1.807) is 24.3 Å². The maximum absolute atomic E-state index is 12.0. The lowest BCUT2D eigenvalue weighted by Crippen LogP contribution is -2.17. The number of nitrogens with one attached hydrogen (secondary N) is 1. The van der Waals surface area contributed by atoms with Gasteiger partial charge < -0.3 is 9.52 Å². The molecule has 0 atom stereocenters. The summed E-state index contributed by atoms with van der Waals surface area (Å²) in [6.45, 7) is 0. The largest absolute Gasteiger partial charge is 0.478 e. The number of hydrazone groups is 1. The maximum Gasteiger partial charge on any atom is 0.335 e. The van der Waals surface area contributed by atoms with E-state index in [0.717, 1.165) is 0 Å². The smallest absolute Gasteiger partial charge is 0.335 e. The molecule has 0 bridgehead atoms. The van der Waals surface area contributed by atoms with Gasteiger partial charge in [-0.15, -0.1) is 0 Å². The van der Waals surface area contributed by atoms with Crippen molar-refractivity contribution in [2.75, 3.05) is 0 Å². The molecule has 3 rings (SSSR count). The number of nitro groups is 1. The molecule has 1 amide bonds. The summed E-state index contributed by atoms with van der Waals surface area (Å²) in [5.41, 5.74) is 3.12. The zero-order chi connectivity index (χ0) is 20.1. The molecule has 0 spiro atoms. The van der Waals surface area contributed by atoms with Gasteiger partial charge in [0, 0.05) is 23.3 Å². The van der Waals surface area contributed by atoms with Crippen LogP contribution in [0.5, 0.6) is 0 Å². The number of hydrogen-bond acceptors (Lipinski definition) is 6. The Morgan fingerprint density at radius 3 is 2.50 bits per heavy atom. The van der Waals surface area contributed by atoms with E-state index in [0.29, 0.717) is 17.1 Å². The second-order valence-electron chi connectivity index (χ2n) is 5.59. The third-order valence-corrected chi connectivity index (χ3v) is 3.72. The molecule has 9 heteroatoms. The number of carboxylic acid groups (broad SMARTS) is 1. The first-order valence-electron chi connectivity index (χ1n) is 7.95. The highest BCUT2D eigenvalue weighted by molar-refractivity contribution is 5.95. The summed E-state index contributed by atoms with van der Waals surface area (Å²) >= 11 is 0. The first-order chi connectivity index (χ1) is 13.4. The Bertz CT molecular complexity index is 1070. The fourth-order valence-corrected chi connectivity index (χ4v) is 2.34. The topological polar surface area (TPSA) is 135 Å². The third kappa shape index (κ3) is 4.28. The summed E-state index contributed by atoms with van der Waals surface area (Å²) < 4.78 is 5.57. The van der Waals surface area contributed by atoms with Crippen LogP contribution in [-0.4, -0.2) is 28.1 Å². The SMILES string of the molecule is O=C(O)c1cccc(-c2ccc(/C=N\NC(=O)c3ccc([N+](=O)[O-])cc3)o2)c1. The van der Waals surface area contributed by atoms with Crippen LogP contribution in [0.1, 0.15) is 26.5 Å². The van der Waals surface area contributed by atoms with Crippen molar-refractivity contribution < 1.29 is 24.0 Å². The molecule has 1 heterocycles. The summed E-state index contributed by atoms with van der Waals surface area (Å²) in [7, 11) is 0. The Balaban J connectivity index is 1.65. The molecule has 0 saturated carbocycles. The number of benzene rings is 2. The molecule has 0 saturated heterocycles. The van der Waals surface area contributed by atoms with Crippen LogP contribution in [0.2, 0.25) is 0 Å². The average Bonchev–Trinajstić information content (AvgIpc) is 3.17. The quantitative estimate of drug-likeness (QED) is 0.383. The van der Waals surface area contributed by atoms with Crippen LogP contribution in [0.4, 0.5) is 5.69 Å². The Kier molecular flexibility index (Phi) is 5.26. The molecule has 0 unspecified atom stereocenters. The number of carbonyl (C=O) groups is 2. The van der Waals surface area contributed by atoms with Gasteiger partial charge in [-0.05, 0) is 36.4 Å². The van der Waals surface area contributed by atoms with Gasteiger partial charge >= 0.3 is 5.97 Å². The highest BCUT2D eigenvalue weighted by atomic mass is 16.6. The molecule has 1 aromatic heterocycles. The molecule has 9 nitrogen and oxygen atoms in total. The van der Waals surface area contributed by atoms with Crippen LogP contribution in [-0.2, 0) is 0 Å². The van der Waals surface area contributed by atoms with Gasteiger partial charge in [-0.25, -0.2) is 10.2 Å². The minimum Gasteiger partial charge on any atom is -0.478 e. The second-order valence-corrected chi connectivity index (χ2v) is 5.59. The summed E-state index contributed by atoms with van der Waals surface area (Å²) in [4.78, 5) is 33.1. The minimum atomic E-state index is -1.04. The first kappa shape index (κ1) is 18.5. The minimum absolute atomic E-state index is 0.116. The van der Waals surface area contributed by atoms with Crippen LogP contribution in [0.15, 0.2) is 70.2 Å². The highest BCUT2D eigenvalue weighted by Gasteiger charge is 2.10. The first-order valence-corrected chi connectivity index (χ1v) is 7.95. The van der Waals surface area contributed by atoms with Gasteiger partial charge in [-0.2, -0.15) is 5.10 Å². The van der Waals surface area contributed by atoms with E-state index >= 15 is 0 Å². The number of furan rings is 1. The summed E-state index contributed by atoms with van der Waals surface area (Å²) in [6.07, 6.45) is 1.29. The number of nitrogens with zero attached hydrogens (tertiary/aromatic N) is 2. The van der Waals surface area contributed by atoms with Gasteiger partial charge in [0.2, 0.25) is 0 Å². The number of rotatable bonds is 6. The fourth-order valence-electron chi connectivity index (χ4n) is 2.34. The van der Waals surface area contributed by atoms with Gasteiger partial charge in [0.05, 0.1) is 16.7 Å². The molecule has 2 aromatic carbocycles. The highest BCUT2D eigenvalue weighted by Crippen LogP contribution is 2.22. The molecule has 0 aliphatic heterocycles. The molecule has 0 aliphatic carbocycles. The van der Waals surface area contributed by atoms with Crippen LogP contribution in [0.3, 0.4) is 0 Å². The van der Waals surface area contributed by atoms with Crippen LogP contribution < -0.4 is 5.43 Å². The van der Waals surface area contributed by atoms with Crippen LogP contribution >= 0.6 is 0 Å². The Hall–Kier alpha value is -4.27. The molecular weight excluding hydrogens is 366 g/mol. The van der Waals surface area contributed by atoms with Gasteiger partial charge in [0.15, 0.2) is 0 Å². The van der Waals surface area contributed by atoms with Crippen molar-refractivity contribution in [3.8, 4) is 11.3 Å². The van der Waals surface area contributed by atoms with E-state index in [9.17, 15) is 19.7 Å². The summed E-state index contributed by atoms with van der Waals surface area (Å²) in [6, 6.07) is 14.6. The van der Waals surface area contributed by atoms with E-state index < -0.39 is 16.8 Å². The molecule has 2 N–H and O–H groups in total. The number of nitro benzene ring substituents is 1. The van der Waals surface area contributed by atoms with Gasteiger partial charge in [0.25, 0.3) is 11.6 Å². The molecule has 140 valence electrons. The molecule has 0 radical (unpaired) electrons. The number of amides is 1. The zero-order valence-electron chi connectivity index (χ0n) is 14.2. The van der Waals surface area contributed by atoms with Crippen molar-refractivity contribution in [2.24, 2.45) is 5.10 Å². The van der Waals surface area contributed by atoms with Crippen LogP contribution in [0.25, 0.3) is 11.3 Å². The third-order valence-electron chi connectivity index (χ3n) is 3.72. The number of carbonyl (C=O) groups excluding carboxylic acids is 1. The van der Waals surface area contributed by atoms with Crippen molar-refractivity contribution in [1.29, 1.82) is 0 Å². The monoisotopic (exact) mass is 379 g/mol.